The molecule has 1 aromatic carbocycles. The number of hydrogen-bond donors (Lipinski definition) is 5. The number of nitrogens with zero attached hydrogens (tertiary/aromatic N) is 5. The van der Waals surface area contributed by atoms with Gasteiger partial charge in [0.1, 0.15) is 39.2 Å². The Bertz CT molecular complexity index is 1820. The number of carbonyl (C=O) groups is 2. The number of ether oxygens (including phenoxy) is 1. The molecule has 0 atom stereocenters. The molecule has 0 aliphatic heterocycles. The van der Waals surface area contributed by atoms with Crippen LogP contribution in [0, 0.1) is 11.8 Å². The van der Waals surface area contributed by atoms with E-state index in [0.29, 0.717) is 11.6 Å². The van der Waals surface area contributed by atoms with Crippen molar-refractivity contribution in [3.05, 3.63) is 77.3 Å². The van der Waals surface area contributed by atoms with Crippen LogP contribution in [-0.2, 0) is 4.74 Å². The van der Waals surface area contributed by atoms with Gasteiger partial charge in [-0.15, -0.1) is 11.3 Å². The van der Waals surface area contributed by atoms with Crippen molar-refractivity contribution in [2.24, 2.45) is 0 Å². The van der Waals surface area contributed by atoms with Crippen molar-refractivity contribution in [3.8, 4) is 33.5 Å². The molecule has 16 heteroatoms. The second-order valence-corrected chi connectivity index (χ2v) is 11.1. The standard InChI is InChI=1S/C23H23F2N7O2S.C7H6O4/c1-2-34-15-5-3-14(4-6-15)32-11-17(21(31-32)20-16(24)7-8-19(25)30-20)28-22(33)18-12-35-23(29-18)13-9-26-27-10-13;8-4-1-2-6(9)5(3-4)7(10)11/h7-12,14-15H,2-6H2,1H3,(H,26,27)(H,28,33);1-3,8-9H,(H,10,11). The molecular formula is C30H29F2N7O6S. The minimum atomic E-state index is -1.27. The molecule has 46 heavy (non-hydrogen) atoms. The lowest BCUT2D eigenvalue weighted by atomic mass is 9.93. The van der Waals surface area contributed by atoms with Gasteiger partial charge in [-0.1, -0.05) is 0 Å². The number of aromatic amines is 1. The SMILES string of the molecule is CCOC1CCC(n2cc(NC(=O)c3csc(-c4cn[nH]c4)n3)c(-c3nc(F)ccc3F)n2)CC1.O=C(O)c1cc(O)ccc1O. The van der Waals surface area contributed by atoms with Gasteiger partial charge in [0.15, 0.2) is 5.82 Å². The number of pyridine rings is 1. The van der Waals surface area contributed by atoms with E-state index >= 15 is 0 Å². The van der Waals surface area contributed by atoms with Crippen LogP contribution < -0.4 is 5.32 Å². The Hall–Kier alpha value is -5.22. The molecule has 240 valence electrons. The second kappa shape index (κ2) is 14.3. The number of anilines is 1. The van der Waals surface area contributed by atoms with Crippen molar-refractivity contribution in [2.45, 2.75) is 44.8 Å². The molecule has 1 fully saturated rings. The topological polar surface area (TPSA) is 188 Å². The van der Waals surface area contributed by atoms with Crippen LogP contribution in [0.25, 0.3) is 22.0 Å². The van der Waals surface area contributed by atoms with Gasteiger partial charge in [0.05, 0.1) is 24.0 Å². The highest BCUT2D eigenvalue weighted by Gasteiger charge is 2.27. The maximum absolute atomic E-state index is 14.6. The number of nitrogens with one attached hydrogen (secondary N) is 2. The summed E-state index contributed by atoms with van der Waals surface area (Å²) < 4.78 is 35.9. The fraction of sp³-hybridized carbons (Fsp3) is 0.267. The first-order chi connectivity index (χ1) is 22.1. The van der Waals surface area contributed by atoms with Crippen molar-refractivity contribution < 1.29 is 38.4 Å². The predicted molar refractivity (Wildman–Crippen MR) is 163 cm³/mol. The average molecular weight is 654 g/mol. The first-order valence-electron chi connectivity index (χ1n) is 14.2. The number of halogens is 2. The fourth-order valence-corrected chi connectivity index (χ4v) is 5.68. The Kier molecular flexibility index (Phi) is 9.97. The number of H-pyrrole nitrogens is 1. The molecule has 0 spiro atoms. The molecule has 1 saturated carbocycles. The summed E-state index contributed by atoms with van der Waals surface area (Å²) >= 11 is 1.30. The monoisotopic (exact) mass is 653 g/mol. The molecule has 0 radical (unpaired) electrons. The zero-order chi connectivity index (χ0) is 32.8. The number of phenolic OH excluding ortho intramolecular Hbond substituents is 1. The summed E-state index contributed by atoms with van der Waals surface area (Å²) in [6.45, 7) is 2.64. The lowest BCUT2D eigenvalue weighted by Crippen LogP contribution is -2.24. The molecule has 4 aromatic heterocycles. The third-order valence-corrected chi connectivity index (χ3v) is 8.02. The van der Waals surface area contributed by atoms with Crippen LogP contribution in [0.5, 0.6) is 11.5 Å². The maximum Gasteiger partial charge on any atom is 0.339 e. The molecule has 4 heterocycles. The van der Waals surface area contributed by atoms with Crippen LogP contribution in [-0.4, -0.2) is 69.9 Å². The van der Waals surface area contributed by atoms with E-state index < -0.39 is 23.6 Å². The molecule has 1 amide bonds. The number of aromatic nitrogens is 6. The van der Waals surface area contributed by atoms with Gasteiger partial charge in [0.25, 0.3) is 5.91 Å². The minimum absolute atomic E-state index is 0.0414. The maximum atomic E-state index is 14.6. The number of benzene rings is 1. The van der Waals surface area contributed by atoms with Gasteiger partial charge in [-0.05, 0) is 62.9 Å². The van der Waals surface area contributed by atoms with Crippen molar-refractivity contribution in [1.82, 2.24) is 29.9 Å². The van der Waals surface area contributed by atoms with E-state index in [1.165, 1.54) is 17.4 Å². The molecule has 1 aliphatic carbocycles. The van der Waals surface area contributed by atoms with E-state index in [1.807, 2.05) is 6.92 Å². The number of phenols is 2. The third-order valence-electron chi connectivity index (χ3n) is 7.13. The number of carbonyl (C=O) groups excluding carboxylic acids is 1. The average Bonchev–Trinajstić information content (AvgIpc) is 3.82. The first-order valence-corrected chi connectivity index (χ1v) is 15.0. The second-order valence-electron chi connectivity index (χ2n) is 10.2. The molecule has 1 aliphatic rings. The van der Waals surface area contributed by atoms with E-state index in [0.717, 1.165) is 55.5 Å². The molecule has 0 saturated heterocycles. The van der Waals surface area contributed by atoms with E-state index in [2.05, 4.69) is 30.6 Å². The molecule has 13 nitrogen and oxygen atoms in total. The number of hydrogen-bond acceptors (Lipinski definition) is 10. The van der Waals surface area contributed by atoms with E-state index in [4.69, 9.17) is 20.1 Å². The van der Waals surface area contributed by atoms with E-state index in [-0.39, 0.29) is 52.0 Å². The number of rotatable bonds is 8. The Balaban J connectivity index is 0.000000322. The summed E-state index contributed by atoms with van der Waals surface area (Å²) in [4.78, 5) is 31.4. The number of carboxylic acids is 1. The summed E-state index contributed by atoms with van der Waals surface area (Å²) in [5, 5.41) is 42.3. The van der Waals surface area contributed by atoms with Gasteiger partial charge in [-0.2, -0.15) is 14.6 Å². The Labute approximate surface area is 264 Å². The van der Waals surface area contributed by atoms with Crippen molar-refractivity contribution in [1.29, 1.82) is 0 Å². The van der Waals surface area contributed by atoms with Crippen LogP contribution in [0.4, 0.5) is 14.5 Å². The van der Waals surface area contributed by atoms with Gasteiger partial charge in [0.2, 0.25) is 5.95 Å². The summed E-state index contributed by atoms with van der Waals surface area (Å²) in [7, 11) is 0. The normalized spacial score (nSPS) is 16.0. The Morgan fingerprint density at radius 2 is 1.89 bits per heavy atom. The largest absolute Gasteiger partial charge is 0.508 e. The summed E-state index contributed by atoms with van der Waals surface area (Å²) in [6, 6.07) is 5.29. The highest BCUT2D eigenvalue weighted by Crippen LogP contribution is 2.34. The lowest BCUT2D eigenvalue weighted by molar-refractivity contribution is 0.0260. The van der Waals surface area contributed by atoms with Gasteiger partial charge in [-0.25, -0.2) is 19.2 Å². The zero-order valence-electron chi connectivity index (χ0n) is 24.4. The quantitative estimate of drug-likeness (QED) is 0.104. The van der Waals surface area contributed by atoms with Gasteiger partial charge in [-0.3, -0.25) is 14.6 Å². The number of aromatic hydroxyl groups is 2. The number of carboxylic acid groups (broad SMARTS) is 1. The summed E-state index contributed by atoms with van der Waals surface area (Å²) in [5.41, 5.74) is 0.680. The van der Waals surface area contributed by atoms with Crippen molar-refractivity contribution in [2.75, 3.05) is 11.9 Å². The van der Waals surface area contributed by atoms with E-state index in [1.54, 1.807) is 28.7 Å². The van der Waals surface area contributed by atoms with Crippen LogP contribution in [0.3, 0.4) is 0 Å². The van der Waals surface area contributed by atoms with Crippen LogP contribution >= 0.6 is 11.3 Å². The minimum Gasteiger partial charge on any atom is -0.508 e. The summed E-state index contributed by atoms with van der Waals surface area (Å²) in [5.74, 6) is -3.86. The summed E-state index contributed by atoms with van der Waals surface area (Å²) in [6.07, 6.45) is 8.53. The van der Waals surface area contributed by atoms with Crippen LogP contribution in [0.1, 0.15) is 59.5 Å². The molecule has 0 bridgehead atoms. The number of aromatic carboxylic acids is 1. The van der Waals surface area contributed by atoms with Crippen LogP contribution in [0.15, 0.2) is 54.3 Å². The smallest absolute Gasteiger partial charge is 0.339 e. The van der Waals surface area contributed by atoms with E-state index in [9.17, 15) is 18.4 Å². The Morgan fingerprint density at radius 3 is 2.57 bits per heavy atom. The Morgan fingerprint density at radius 1 is 1.11 bits per heavy atom. The molecule has 5 N–H and O–H groups in total. The molecule has 0 unspecified atom stereocenters. The molecule has 6 rings (SSSR count). The third kappa shape index (κ3) is 7.52. The highest BCUT2D eigenvalue weighted by atomic mass is 32.1. The zero-order valence-corrected chi connectivity index (χ0v) is 25.2. The van der Waals surface area contributed by atoms with Crippen molar-refractivity contribution in [3.63, 3.8) is 0 Å². The first kappa shape index (κ1) is 32.2. The predicted octanol–water partition coefficient (Wildman–Crippen LogP) is 5.64. The number of amides is 1. The highest BCUT2D eigenvalue weighted by molar-refractivity contribution is 7.13. The van der Waals surface area contributed by atoms with Gasteiger partial charge >= 0.3 is 5.97 Å². The van der Waals surface area contributed by atoms with Crippen molar-refractivity contribution >= 4 is 28.9 Å². The molecule has 5 aromatic rings. The number of thiazole rings is 1. The van der Waals surface area contributed by atoms with Gasteiger partial charge < -0.3 is 25.4 Å². The van der Waals surface area contributed by atoms with Gasteiger partial charge in [0, 0.05) is 29.9 Å². The van der Waals surface area contributed by atoms with Crippen LogP contribution in [0.2, 0.25) is 0 Å². The molecular weight excluding hydrogens is 624 g/mol. The lowest BCUT2D eigenvalue weighted by Gasteiger charge is -2.28. The fourth-order valence-electron chi connectivity index (χ4n) is 4.90.